The van der Waals surface area contributed by atoms with E-state index in [0.29, 0.717) is 5.92 Å². The van der Waals surface area contributed by atoms with Crippen LogP contribution < -0.4 is 10.6 Å². The summed E-state index contributed by atoms with van der Waals surface area (Å²) in [5.41, 5.74) is 0. The molecule has 1 saturated heterocycles. The van der Waals surface area contributed by atoms with Crippen molar-refractivity contribution < 1.29 is 0 Å². The molecule has 0 amide bonds. The number of nitrogens with one attached hydrogen (secondary N) is 2. The van der Waals surface area contributed by atoms with E-state index in [-0.39, 0.29) is 12.4 Å². The third kappa shape index (κ3) is 4.01. The van der Waals surface area contributed by atoms with Crippen molar-refractivity contribution >= 4 is 18.4 Å². The second-order valence-corrected chi connectivity index (χ2v) is 3.67. The van der Waals surface area contributed by atoms with Crippen LogP contribution in [0.2, 0.25) is 0 Å². The highest BCUT2D eigenvalue weighted by molar-refractivity contribution is 5.85. The predicted molar refractivity (Wildman–Crippen MR) is 63.4 cm³/mol. The summed E-state index contributed by atoms with van der Waals surface area (Å²) in [6.07, 6.45) is 6.09. The van der Waals surface area contributed by atoms with Crippen LogP contribution in [-0.4, -0.2) is 29.6 Å². The third-order valence-electron chi connectivity index (χ3n) is 2.51. The third-order valence-corrected chi connectivity index (χ3v) is 2.51. The Bertz CT molecular complexity index is 261. The van der Waals surface area contributed by atoms with Gasteiger partial charge >= 0.3 is 0 Å². The Morgan fingerprint density at radius 1 is 1.40 bits per heavy atom. The summed E-state index contributed by atoms with van der Waals surface area (Å²) in [7, 11) is 0. The molecule has 15 heavy (non-hydrogen) atoms. The van der Waals surface area contributed by atoms with Gasteiger partial charge in [-0.05, 0) is 37.9 Å². The second kappa shape index (κ2) is 6.58. The number of halogens is 1. The highest BCUT2D eigenvalue weighted by Crippen LogP contribution is 2.09. The van der Waals surface area contributed by atoms with Gasteiger partial charge in [0, 0.05) is 18.9 Å². The van der Waals surface area contributed by atoms with Crippen LogP contribution in [0.1, 0.15) is 12.8 Å². The monoisotopic (exact) mass is 228 g/mol. The number of nitrogens with zero attached hydrogens (tertiary/aromatic N) is 2. The molecule has 2 N–H and O–H groups in total. The SMILES string of the molecule is Cl.c1cnc(NCC2CCCNC2)nc1. The maximum atomic E-state index is 4.12. The molecule has 0 spiro atoms. The maximum Gasteiger partial charge on any atom is 0.222 e. The van der Waals surface area contributed by atoms with Gasteiger partial charge in [-0.25, -0.2) is 9.97 Å². The van der Waals surface area contributed by atoms with E-state index in [2.05, 4.69) is 20.6 Å². The van der Waals surface area contributed by atoms with Crippen molar-refractivity contribution in [3.05, 3.63) is 18.5 Å². The fourth-order valence-corrected chi connectivity index (χ4v) is 1.72. The molecule has 1 unspecified atom stereocenters. The van der Waals surface area contributed by atoms with Gasteiger partial charge in [0.15, 0.2) is 0 Å². The van der Waals surface area contributed by atoms with E-state index in [9.17, 15) is 0 Å². The van der Waals surface area contributed by atoms with E-state index in [1.807, 2.05) is 6.07 Å². The minimum absolute atomic E-state index is 0. The lowest BCUT2D eigenvalue weighted by atomic mass is 10.00. The summed E-state index contributed by atoms with van der Waals surface area (Å²) in [4.78, 5) is 8.24. The first-order valence-corrected chi connectivity index (χ1v) is 5.17. The average Bonchev–Trinajstić information content (AvgIpc) is 2.29. The molecule has 5 heteroatoms. The molecule has 2 rings (SSSR count). The molecular weight excluding hydrogens is 212 g/mol. The molecule has 0 radical (unpaired) electrons. The number of aromatic nitrogens is 2. The minimum Gasteiger partial charge on any atom is -0.354 e. The fraction of sp³-hybridized carbons (Fsp3) is 0.600. The Kier molecular flexibility index (Phi) is 5.36. The summed E-state index contributed by atoms with van der Waals surface area (Å²) in [6, 6.07) is 1.83. The Morgan fingerprint density at radius 2 is 2.20 bits per heavy atom. The molecule has 0 aliphatic carbocycles. The fourth-order valence-electron chi connectivity index (χ4n) is 1.72. The van der Waals surface area contributed by atoms with Crippen LogP contribution in [0.3, 0.4) is 0 Å². The van der Waals surface area contributed by atoms with Gasteiger partial charge in [-0.3, -0.25) is 0 Å². The predicted octanol–water partition coefficient (Wildman–Crippen LogP) is 1.31. The van der Waals surface area contributed by atoms with Gasteiger partial charge in [0.2, 0.25) is 5.95 Å². The molecule has 0 bridgehead atoms. The molecule has 84 valence electrons. The van der Waals surface area contributed by atoms with Crippen LogP contribution >= 0.6 is 12.4 Å². The van der Waals surface area contributed by atoms with Gasteiger partial charge in [0.25, 0.3) is 0 Å². The lowest BCUT2D eigenvalue weighted by Crippen LogP contribution is -2.33. The van der Waals surface area contributed by atoms with Crippen LogP contribution in [0.4, 0.5) is 5.95 Å². The zero-order chi connectivity index (χ0) is 9.64. The van der Waals surface area contributed by atoms with E-state index >= 15 is 0 Å². The Morgan fingerprint density at radius 3 is 2.87 bits per heavy atom. The molecule has 1 fully saturated rings. The first-order chi connectivity index (χ1) is 6.95. The van der Waals surface area contributed by atoms with E-state index in [1.54, 1.807) is 12.4 Å². The van der Waals surface area contributed by atoms with Crippen molar-refractivity contribution in [1.82, 2.24) is 15.3 Å². The standard InChI is InChI=1S/C10H16N4.ClH/c1-3-9(7-11-4-1)8-14-10-12-5-2-6-13-10;/h2,5-6,9,11H,1,3-4,7-8H2,(H,12,13,14);1H. The molecule has 1 aromatic heterocycles. The molecular formula is C10H17ClN4. The van der Waals surface area contributed by atoms with Crippen molar-refractivity contribution in [2.24, 2.45) is 5.92 Å². The van der Waals surface area contributed by atoms with Crippen LogP contribution in [0, 0.1) is 5.92 Å². The van der Waals surface area contributed by atoms with Crippen molar-refractivity contribution in [3.63, 3.8) is 0 Å². The van der Waals surface area contributed by atoms with Crippen molar-refractivity contribution in [2.75, 3.05) is 25.0 Å². The lowest BCUT2D eigenvalue weighted by molar-refractivity contribution is 0.392. The number of anilines is 1. The average molecular weight is 229 g/mol. The summed E-state index contributed by atoms with van der Waals surface area (Å²) in [5, 5.41) is 6.64. The van der Waals surface area contributed by atoms with Gasteiger partial charge in [0.05, 0.1) is 0 Å². The van der Waals surface area contributed by atoms with Crippen LogP contribution in [-0.2, 0) is 0 Å². The normalized spacial score (nSPS) is 20.4. The number of rotatable bonds is 3. The van der Waals surface area contributed by atoms with E-state index in [1.165, 1.54) is 19.4 Å². The number of piperidine rings is 1. The Labute approximate surface area is 96.3 Å². The number of hydrogen-bond acceptors (Lipinski definition) is 4. The van der Waals surface area contributed by atoms with Gasteiger partial charge in [-0.1, -0.05) is 0 Å². The Balaban J connectivity index is 0.00000112. The van der Waals surface area contributed by atoms with Crippen molar-refractivity contribution in [2.45, 2.75) is 12.8 Å². The van der Waals surface area contributed by atoms with Crippen molar-refractivity contribution in [3.8, 4) is 0 Å². The molecule has 4 nitrogen and oxygen atoms in total. The van der Waals surface area contributed by atoms with Crippen molar-refractivity contribution in [1.29, 1.82) is 0 Å². The van der Waals surface area contributed by atoms with E-state index < -0.39 is 0 Å². The molecule has 1 aliphatic heterocycles. The second-order valence-electron chi connectivity index (χ2n) is 3.67. The molecule has 1 atom stereocenters. The van der Waals surface area contributed by atoms with Gasteiger partial charge < -0.3 is 10.6 Å². The molecule has 1 aromatic rings. The first-order valence-electron chi connectivity index (χ1n) is 5.17. The lowest BCUT2D eigenvalue weighted by Gasteiger charge is -2.22. The smallest absolute Gasteiger partial charge is 0.222 e. The number of hydrogen-bond donors (Lipinski definition) is 2. The summed E-state index contributed by atoms with van der Waals surface area (Å²) in [5.74, 6) is 1.45. The molecule has 0 aromatic carbocycles. The quantitative estimate of drug-likeness (QED) is 0.819. The molecule has 0 saturated carbocycles. The van der Waals surface area contributed by atoms with E-state index in [0.717, 1.165) is 19.0 Å². The highest BCUT2D eigenvalue weighted by atomic mass is 35.5. The van der Waals surface area contributed by atoms with Crippen LogP contribution in [0.15, 0.2) is 18.5 Å². The Hall–Kier alpha value is -0.870. The van der Waals surface area contributed by atoms with E-state index in [4.69, 9.17) is 0 Å². The molecule has 2 heterocycles. The van der Waals surface area contributed by atoms with Gasteiger partial charge in [-0.2, -0.15) is 0 Å². The topological polar surface area (TPSA) is 49.8 Å². The minimum atomic E-state index is 0. The summed E-state index contributed by atoms with van der Waals surface area (Å²) < 4.78 is 0. The zero-order valence-corrected chi connectivity index (χ0v) is 9.46. The highest BCUT2D eigenvalue weighted by Gasteiger charge is 2.12. The zero-order valence-electron chi connectivity index (χ0n) is 8.65. The first kappa shape index (κ1) is 12.2. The van der Waals surface area contributed by atoms with Gasteiger partial charge in [0.1, 0.15) is 0 Å². The largest absolute Gasteiger partial charge is 0.354 e. The summed E-state index contributed by atoms with van der Waals surface area (Å²) in [6.45, 7) is 3.25. The van der Waals surface area contributed by atoms with Gasteiger partial charge in [-0.15, -0.1) is 12.4 Å². The maximum absolute atomic E-state index is 4.12. The summed E-state index contributed by atoms with van der Waals surface area (Å²) >= 11 is 0. The van der Waals surface area contributed by atoms with Crippen LogP contribution in [0.25, 0.3) is 0 Å². The molecule has 1 aliphatic rings. The van der Waals surface area contributed by atoms with Crippen LogP contribution in [0.5, 0.6) is 0 Å².